The molecule has 1 aliphatic rings. The molecule has 0 aliphatic carbocycles. The molecule has 114 valence electrons. The van der Waals surface area contributed by atoms with Crippen LogP contribution in [0.5, 0.6) is 5.75 Å². The molecule has 0 unspecified atom stereocenters. The molecule has 7 heteroatoms. The van der Waals surface area contributed by atoms with E-state index in [-0.39, 0.29) is 30.2 Å². The topological polar surface area (TPSA) is 78.9 Å². The van der Waals surface area contributed by atoms with Crippen LogP contribution in [0.3, 0.4) is 0 Å². The monoisotopic (exact) mass is 296 g/mol. The van der Waals surface area contributed by atoms with Gasteiger partial charge in [0.2, 0.25) is 5.91 Å². The lowest BCUT2D eigenvalue weighted by molar-refractivity contribution is -0.135. The molecular weight excluding hydrogens is 279 g/mol. The molecule has 2 amide bonds. The zero-order valence-electron chi connectivity index (χ0n) is 11.5. The van der Waals surface area contributed by atoms with Crippen molar-refractivity contribution in [2.24, 2.45) is 0 Å². The van der Waals surface area contributed by atoms with Gasteiger partial charge >= 0.3 is 0 Å². The van der Waals surface area contributed by atoms with Gasteiger partial charge in [0.1, 0.15) is 11.6 Å². The van der Waals surface area contributed by atoms with Crippen LogP contribution in [0.2, 0.25) is 0 Å². The summed E-state index contributed by atoms with van der Waals surface area (Å²) in [6, 6.07) is 3.13. The molecule has 1 saturated heterocycles. The first kappa shape index (κ1) is 15.2. The highest BCUT2D eigenvalue weighted by molar-refractivity contribution is 5.97. The number of phenols is 1. The Kier molecular flexibility index (Phi) is 5.10. The molecule has 1 fully saturated rings. The van der Waals surface area contributed by atoms with E-state index in [9.17, 15) is 19.1 Å². The number of halogens is 1. The number of morpholine rings is 1. The van der Waals surface area contributed by atoms with Gasteiger partial charge < -0.3 is 20.1 Å². The summed E-state index contributed by atoms with van der Waals surface area (Å²) >= 11 is 0. The van der Waals surface area contributed by atoms with Crippen molar-refractivity contribution in [3.05, 3.63) is 29.6 Å². The number of amides is 2. The van der Waals surface area contributed by atoms with Gasteiger partial charge in [0.25, 0.3) is 5.91 Å². The Labute approximate surface area is 121 Å². The number of aromatic hydroxyl groups is 1. The van der Waals surface area contributed by atoms with Crippen LogP contribution in [0.1, 0.15) is 16.8 Å². The Balaban J connectivity index is 1.81. The van der Waals surface area contributed by atoms with E-state index >= 15 is 0 Å². The molecule has 0 bridgehead atoms. The number of nitrogens with one attached hydrogen (secondary N) is 1. The van der Waals surface area contributed by atoms with E-state index < -0.39 is 11.7 Å². The fourth-order valence-electron chi connectivity index (χ4n) is 2.04. The maximum absolute atomic E-state index is 13.0. The minimum Gasteiger partial charge on any atom is -0.507 e. The van der Waals surface area contributed by atoms with E-state index in [2.05, 4.69) is 5.32 Å². The molecule has 1 aromatic carbocycles. The second kappa shape index (κ2) is 7.03. The highest BCUT2D eigenvalue weighted by Gasteiger charge is 2.17. The first-order valence-corrected chi connectivity index (χ1v) is 6.70. The number of hydrogen-bond donors (Lipinski definition) is 2. The third-order valence-electron chi connectivity index (χ3n) is 3.19. The molecule has 2 N–H and O–H groups in total. The molecule has 2 rings (SSSR count). The summed E-state index contributed by atoms with van der Waals surface area (Å²) in [4.78, 5) is 25.3. The largest absolute Gasteiger partial charge is 0.507 e. The van der Waals surface area contributed by atoms with E-state index in [0.29, 0.717) is 26.3 Å². The summed E-state index contributed by atoms with van der Waals surface area (Å²) in [6.45, 7) is 2.28. The molecule has 21 heavy (non-hydrogen) atoms. The van der Waals surface area contributed by atoms with E-state index in [4.69, 9.17) is 4.74 Å². The fourth-order valence-corrected chi connectivity index (χ4v) is 2.04. The molecule has 0 atom stereocenters. The first-order valence-electron chi connectivity index (χ1n) is 6.70. The van der Waals surface area contributed by atoms with Crippen molar-refractivity contribution in [2.75, 3.05) is 32.8 Å². The smallest absolute Gasteiger partial charge is 0.255 e. The second-order valence-corrected chi connectivity index (χ2v) is 4.66. The van der Waals surface area contributed by atoms with Gasteiger partial charge in [0.15, 0.2) is 0 Å². The molecule has 0 spiro atoms. The summed E-state index contributed by atoms with van der Waals surface area (Å²) in [5.41, 5.74) is -0.145. The number of rotatable bonds is 4. The quantitative estimate of drug-likeness (QED) is 0.848. The molecule has 1 aliphatic heterocycles. The number of phenolic OH excluding ortho intramolecular Hbond substituents is 1. The SMILES string of the molecule is O=C(NCCC(=O)N1CCOCC1)c1cc(F)ccc1O. The van der Waals surface area contributed by atoms with Crippen LogP contribution in [-0.4, -0.2) is 54.7 Å². The van der Waals surface area contributed by atoms with Crippen LogP contribution in [0, 0.1) is 5.82 Å². The normalized spacial score (nSPS) is 14.8. The summed E-state index contributed by atoms with van der Waals surface area (Å²) in [5.74, 6) is -1.58. The first-order chi connectivity index (χ1) is 10.1. The van der Waals surface area contributed by atoms with Gasteiger partial charge in [-0.3, -0.25) is 9.59 Å². The lowest BCUT2D eigenvalue weighted by Gasteiger charge is -2.26. The number of benzene rings is 1. The highest BCUT2D eigenvalue weighted by Crippen LogP contribution is 2.17. The van der Waals surface area contributed by atoms with Crippen molar-refractivity contribution < 1.29 is 23.8 Å². The molecule has 1 heterocycles. The van der Waals surface area contributed by atoms with E-state index in [1.807, 2.05) is 0 Å². The van der Waals surface area contributed by atoms with Crippen molar-refractivity contribution in [3.8, 4) is 5.75 Å². The van der Waals surface area contributed by atoms with Crippen molar-refractivity contribution in [1.82, 2.24) is 10.2 Å². The van der Waals surface area contributed by atoms with Gasteiger partial charge in [-0.1, -0.05) is 0 Å². The van der Waals surface area contributed by atoms with Gasteiger partial charge in [-0.25, -0.2) is 4.39 Å². The molecule has 6 nitrogen and oxygen atoms in total. The fraction of sp³-hybridized carbons (Fsp3) is 0.429. The third kappa shape index (κ3) is 4.16. The van der Waals surface area contributed by atoms with Crippen LogP contribution >= 0.6 is 0 Å². The molecule has 0 radical (unpaired) electrons. The lowest BCUT2D eigenvalue weighted by atomic mass is 10.2. The predicted molar refractivity (Wildman–Crippen MR) is 72.4 cm³/mol. The zero-order valence-corrected chi connectivity index (χ0v) is 11.5. The third-order valence-corrected chi connectivity index (χ3v) is 3.19. The van der Waals surface area contributed by atoms with Gasteiger partial charge in [-0.2, -0.15) is 0 Å². The van der Waals surface area contributed by atoms with Crippen LogP contribution in [-0.2, 0) is 9.53 Å². The number of ether oxygens (including phenoxy) is 1. The Hall–Kier alpha value is -2.15. The lowest BCUT2D eigenvalue weighted by Crippen LogP contribution is -2.42. The predicted octanol–water partition coefficient (Wildman–Crippen LogP) is 0.510. The van der Waals surface area contributed by atoms with Crippen molar-refractivity contribution in [3.63, 3.8) is 0 Å². The van der Waals surface area contributed by atoms with E-state index in [0.717, 1.165) is 18.2 Å². The maximum atomic E-state index is 13.0. The van der Waals surface area contributed by atoms with Crippen molar-refractivity contribution in [2.45, 2.75) is 6.42 Å². The maximum Gasteiger partial charge on any atom is 0.255 e. The number of hydrogen-bond acceptors (Lipinski definition) is 4. The van der Waals surface area contributed by atoms with Crippen molar-refractivity contribution in [1.29, 1.82) is 0 Å². The Bertz CT molecular complexity index is 530. The molecule has 1 aromatic rings. The molecular formula is C14H17FN2O4. The van der Waals surface area contributed by atoms with Gasteiger partial charge in [0, 0.05) is 26.1 Å². The van der Waals surface area contributed by atoms with Crippen LogP contribution in [0.4, 0.5) is 4.39 Å². The summed E-state index contributed by atoms with van der Waals surface area (Å²) < 4.78 is 18.2. The van der Waals surface area contributed by atoms with Crippen LogP contribution in [0.15, 0.2) is 18.2 Å². The Morgan fingerprint density at radius 3 is 2.76 bits per heavy atom. The zero-order chi connectivity index (χ0) is 15.2. The summed E-state index contributed by atoms with van der Waals surface area (Å²) in [7, 11) is 0. The standard InChI is InChI=1S/C14H17FN2O4/c15-10-1-2-12(18)11(9-10)14(20)16-4-3-13(19)17-5-7-21-8-6-17/h1-2,9,18H,3-8H2,(H,16,20). The minimum absolute atomic E-state index is 0.0675. The molecule has 0 saturated carbocycles. The highest BCUT2D eigenvalue weighted by atomic mass is 19.1. The van der Waals surface area contributed by atoms with Gasteiger partial charge in [-0.15, -0.1) is 0 Å². The van der Waals surface area contributed by atoms with Gasteiger partial charge in [0.05, 0.1) is 18.8 Å². The van der Waals surface area contributed by atoms with E-state index in [1.165, 1.54) is 0 Å². The second-order valence-electron chi connectivity index (χ2n) is 4.66. The summed E-state index contributed by atoms with van der Waals surface area (Å²) in [5, 5.41) is 12.0. The minimum atomic E-state index is -0.609. The van der Waals surface area contributed by atoms with Crippen LogP contribution in [0.25, 0.3) is 0 Å². The Morgan fingerprint density at radius 2 is 2.05 bits per heavy atom. The number of nitrogens with zero attached hydrogens (tertiary/aromatic N) is 1. The summed E-state index contributed by atoms with van der Waals surface area (Å²) in [6.07, 6.45) is 0.155. The molecule has 0 aromatic heterocycles. The Morgan fingerprint density at radius 1 is 1.33 bits per heavy atom. The van der Waals surface area contributed by atoms with Crippen molar-refractivity contribution >= 4 is 11.8 Å². The van der Waals surface area contributed by atoms with E-state index in [1.54, 1.807) is 4.90 Å². The van der Waals surface area contributed by atoms with Crippen LogP contribution < -0.4 is 5.32 Å². The average molecular weight is 296 g/mol. The average Bonchev–Trinajstić information content (AvgIpc) is 2.50. The number of carbonyl (C=O) groups is 2. The van der Waals surface area contributed by atoms with Gasteiger partial charge in [-0.05, 0) is 18.2 Å². The number of carbonyl (C=O) groups excluding carboxylic acids is 2.